The summed E-state index contributed by atoms with van der Waals surface area (Å²) in [5.41, 5.74) is 2.53. The average molecular weight is 228 g/mol. The SMILES string of the molecule is C#CCCNC(=O)[C@@H]1Cc2ccccc2CN1. The minimum atomic E-state index is -0.136. The summed E-state index contributed by atoms with van der Waals surface area (Å²) in [4.78, 5) is 11.8. The molecule has 0 aromatic heterocycles. The number of amides is 1. The lowest BCUT2D eigenvalue weighted by atomic mass is 9.95. The molecular formula is C14H16N2O. The molecule has 0 saturated heterocycles. The molecule has 0 spiro atoms. The van der Waals surface area contributed by atoms with Crippen LogP contribution in [0, 0.1) is 12.3 Å². The maximum atomic E-state index is 11.8. The van der Waals surface area contributed by atoms with Gasteiger partial charge >= 0.3 is 0 Å². The van der Waals surface area contributed by atoms with Gasteiger partial charge in [-0.1, -0.05) is 24.3 Å². The van der Waals surface area contributed by atoms with Crippen molar-refractivity contribution in [1.29, 1.82) is 0 Å². The van der Waals surface area contributed by atoms with E-state index in [2.05, 4.69) is 28.7 Å². The number of hydrogen-bond donors (Lipinski definition) is 2. The summed E-state index contributed by atoms with van der Waals surface area (Å²) in [6, 6.07) is 8.07. The smallest absolute Gasteiger partial charge is 0.237 e. The van der Waals surface area contributed by atoms with E-state index in [0.717, 1.165) is 13.0 Å². The molecule has 0 unspecified atom stereocenters. The molecule has 3 nitrogen and oxygen atoms in total. The molecule has 3 heteroatoms. The molecule has 0 saturated carbocycles. The predicted molar refractivity (Wildman–Crippen MR) is 67.2 cm³/mol. The summed E-state index contributed by atoms with van der Waals surface area (Å²) in [5, 5.41) is 6.08. The molecule has 1 heterocycles. The Kier molecular flexibility index (Phi) is 3.79. The summed E-state index contributed by atoms with van der Waals surface area (Å²) in [6.07, 6.45) is 6.47. The molecule has 2 rings (SSSR count). The van der Waals surface area contributed by atoms with Crippen LogP contribution in [0.2, 0.25) is 0 Å². The quantitative estimate of drug-likeness (QED) is 0.594. The van der Waals surface area contributed by atoms with Crippen LogP contribution in [0.3, 0.4) is 0 Å². The van der Waals surface area contributed by atoms with E-state index < -0.39 is 0 Å². The zero-order valence-corrected chi connectivity index (χ0v) is 9.70. The number of terminal acetylenes is 1. The number of hydrogen-bond acceptors (Lipinski definition) is 2. The zero-order chi connectivity index (χ0) is 12.1. The normalized spacial score (nSPS) is 17.9. The van der Waals surface area contributed by atoms with E-state index in [1.165, 1.54) is 11.1 Å². The van der Waals surface area contributed by atoms with Crippen molar-refractivity contribution in [2.75, 3.05) is 6.54 Å². The van der Waals surface area contributed by atoms with Gasteiger partial charge in [0, 0.05) is 19.5 Å². The van der Waals surface area contributed by atoms with Gasteiger partial charge in [0.25, 0.3) is 0 Å². The van der Waals surface area contributed by atoms with Gasteiger partial charge in [-0.15, -0.1) is 12.3 Å². The van der Waals surface area contributed by atoms with Crippen molar-refractivity contribution < 1.29 is 4.79 Å². The van der Waals surface area contributed by atoms with Crippen LogP contribution < -0.4 is 10.6 Å². The van der Waals surface area contributed by atoms with Crippen molar-refractivity contribution in [1.82, 2.24) is 10.6 Å². The summed E-state index contributed by atoms with van der Waals surface area (Å²) >= 11 is 0. The fraction of sp³-hybridized carbons (Fsp3) is 0.357. The second-order valence-electron chi connectivity index (χ2n) is 4.15. The van der Waals surface area contributed by atoms with Crippen molar-refractivity contribution in [2.24, 2.45) is 0 Å². The molecular weight excluding hydrogens is 212 g/mol. The third-order valence-electron chi connectivity index (χ3n) is 2.97. The Balaban J connectivity index is 1.93. The Morgan fingerprint density at radius 2 is 2.24 bits per heavy atom. The zero-order valence-electron chi connectivity index (χ0n) is 9.70. The number of rotatable bonds is 3. The molecule has 1 aliphatic heterocycles. The maximum absolute atomic E-state index is 11.8. The number of carbonyl (C=O) groups is 1. The molecule has 1 atom stereocenters. The standard InChI is InChI=1S/C14H16N2O/c1-2-3-8-15-14(17)13-9-11-6-4-5-7-12(11)10-16-13/h1,4-7,13,16H,3,8-10H2,(H,15,17)/t13-/m0/s1. The molecule has 0 aliphatic carbocycles. The Morgan fingerprint density at radius 3 is 3.00 bits per heavy atom. The number of carbonyl (C=O) groups excluding carboxylic acids is 1. The van der Waals surface area contributed by atoms with Gasteiger partial charge < -0.3 is 10.6 Å². The topological polar surface area (TPSA) is 41.1 Å². The molecule has 88 valence electrons. The predicted octanol–water partition coefficient (Wildman–Crippen LogP) is 0.840. The van der Waals surface area contributed by atoms with Gasteiger partial charge in [-0.05, 0) is 17.5 Å². The molecule has 1 aliphatic rings. The van der Waals surface area contributed by atoms with E-state index in [9.17, 15) is 4.79 Å². The first kappa shape index (κ1) is 11.7. The fourth-order valence-corrected chi connectivity index (χ4v) is 2.02. The summed E-state index contributed by atoms with van der Waals surface area (Å²) in [6.45, 7) is 1.30. The highest BCUT2D eigenvalue weighted by Gasteiger charge is 2.23. The number of fused-ring (bicyclic) bond motifs is 1. The van der Waals surface area contributed by atoms with Gasteiger partial charge in [-0.25, -0.2) is 0 Å². The molecule has 1 aromatic rings. The van der Waals surface area contributed by atoms with Gasteiger partial charge in [0.2, 0.25) is 5.91 Å². The average Bonchev–Trinajstić information content (AvgIpc) is 2.38. The molecule has 0 bridgehead atoms. The molecule has 1 aromatic carbocycles. The summed E-state index contributed by atoms with van der Waals surface area (Å²) < 4.78 is 0. The Morgan fingerprint density at radius 1 is 1.47 bits per heavy atom. The van der Waals surface area contributed by atoms with E-state index in [1.54, 1.807) is 0 Å². The van der Waals surface area contributed by atoms with Crippen LogP contribution in [0.1, 0.15) is 17.5 Å². The van der Waals surface area contributed by atoms with Gasteiger partial charge in [0.05, 0.1) is 6.04 Å². The molecule has 17 heavy (non-hydrogen) atoms. The first-order chi connectivity index (χ1) is 8.31. The summed E-state index contributed by atoms with van der Waals surface area (Å²) in [7, 11) is 0. The molecule has 0 radical (unpaired) electrons. The van der Waals surface area contributed by atoms with E-state index in [1.807, 2.05) is 12.1 Å². The van der Waals surface area contributed by atoms with Crippen LogP contribution in [0.4, 0.5) is 0 Å². The fourth-order valence-electron chi connectivity index (χ4n) is 2.02. The van der Waals surface area contributed by atoms with Crippen LogP contribution in [0.5, 0.6) is 0 Å². The van der Waals surface area contributed by atoms with Crippen molar-refractivity contribution in [2.45, 2.75) is 25.4 Å². The first-order valence-corrected chi connectivity index (χ1v) is 5.82. The minimum absolute atomic E-state index is 0.0368. The molecule has 1 amide bonds. The second kappa shape index (κ2) is 5.51. The number of nitrogens with one attached hydrogen (secondary N) is 2. The van der Waals surface area contributed by atoms with Crippen molar-refractivity contribution in [3.8, 4) is 12.3 Å². The lowest BCUT2D eigenvalue weighted by Gasteiger charge is -2.25. The van der Waals surface area contributed by atoms with Crippen LogP contribution in [0.15, 0.2) is 24.3 Å². The Hall–Kier alpha value is -1.79. The van der Waals surface area contributed by atoms with Gasteiger partial charge in [-0.3, -0.25) is 4.79 Å². The van der Waals surface area contributed by atoms with Crippen LogP contribution >= 0.6 is 0 Å². The highest BCUT2D eigenvalue weighted by Crippen LogP contribution is 2.16. The van der Waals surface area contributed by atoms with E-state index in [-0.39, 0.29) is 11.9 Å². The van der Waals surface area contributed by atoms with Crippen molar-refractivity contribution in [3.63, 3.8) is 0 Å². The number of benzene rings is 1. The highest BCUT2D eigenvalue weighted by atomic mass is 16.2. The maximum Gasteiger partial charge on any atom is 0.237 e. The van der Waals surface area contributed by atoms with Gasteiger partial charge in [-0.2, -0.15) is 0 Å². The lowest BCUT2D eigenvalue weighted by molar-refractivity contribution is -0.123. The third-order valence-corrected chi connectivity index (χ3v) is 2.97. The van der Waals surface area contributed by atoms with E-state index in [4.69, 9.17) is 6.42 Å². The van der Waals surface area contributed by atoms with Crippen LogP contribution in [-0.2, 0) is 17.8 Å². The first-order valence-electron chi connectivity index (χ1n) is 5.82. The van der Waals surface area contributed by atoms with E-state index in [0.29, 0.717) is 13.0 Å². The van der Waals surface area contributed by atoms with Gasteiger partial charge in [0.15, 0.2) is 0 Å². The Bertz CT molecular complexity index is 448. The molecule has 2 N–H and O–H groups in total. The molecule has 0 fully saturated rings. The monoisotopic (exact) mass is 228 g/mol. The van der Waals surface area contributed by atoms with Crippen molar-refractivity contribution in [3.05, 3.63) is 35.4 Å². The third kappa shape index (κ3) is 2.86. The van der Waals surface area contributed by atoms with Crippen molar-refractivity contribution >= 4 is 5.91 Å². The summed E-state index contributed by atoms with van der Waals surface area (Å²) in [5.74, 6) is 2.54. The minimum Gasteiger partial charge on any atom is -0.354 e. The largest absolute Gasteiger partial charge is 0.354 e. The lowest BCUT2D eigenvalue weighted by Crippen LogP contribution is -2.47. The van der Waals surface area contributed by atoms with Gasteiger partial charge in [0.1, 0.15) is 0 Å². The second-order valence-corrected chi connectivity index (χ2v) is 4.15. The highest BCUT2D eigenvalue weighted by molar-refractivity contribution is 5.82. The Labute approximate surface area is 102 Å². The van der Waals surface area contributed by atoms with Crippen LogP contribution in [-0.4, -0.2) is 18.5 Å². The van der Waals surface area contributed by atoms with E-state index >= 15 is 0 Å². The van der Waals surface area contributed by atoms with Crippen LogP contribution in [0.25, 0.3) is 0 Å².